The minimum Gasteiger partial charge on any atom is -0.367 e. The van der Waals surface area contributed by atoms with E-state index in [1.165, 1.54) is 11.8 Å². The van der Waals surface area contributed by atoms with Gasteiger partial charge in [-0.15, -0.1) is 0 Å². The molecule has 0 radical (unpaired) electrons. The Labute approximate surface area is 191 Å². The quantitative estimate of drug-likeness (QED) is 0.399. The molecule has 0 bridgehead atoms. The SMILES string of the molecule is CSc1nc(NC(C)C)c2cnn(CCNC(=O)C3CC(=O)N(c4ccccc4)C3)c2n1. The average Bonchev–Trinajstić information content (AvgIpc) is 3.37. The Balaban J connectivity index is 1.39. The van der Waals surface area contributed by atoms with E-state index in [0.717, 1.165) is 22.5 Å². The maximum atomic E-state index is 12.7. The molecule has 1 atom stereocenters. The van der Waals surface area contributed by atoms with Gasteiger partial charge in [0.1, 0.15) is 5.82 Å². The van der Waals surface area contributed by atoms with Crippen LogP contribution in [0.3, 0.4) is 0 Å². The highest BCUT2D eigenvalue weighted by Gasteiger charge is 2.34. The molecule has 1 fully saturated rings. The number of amides is 2. The summed E-state index contributed by atoms with van der Waals surface area (Å²) in [6, 6.07) is 9.68. The number of rotatable bonds is 8. The number of nitrogens with one attached hydrogen (secondary N) is 2. The van der Waals surface area contributed by atoms with Gasteiger partial charge < -0.3 is 15.5 Å². The number of hydrogen-bond donors (Lipinski definition) is 2. The van der Waals surface area contributed by atoms with Gasteiger partial charge in [-0.05, 0) is 32.2 Å². The van der Waals surface area contributed by atoms with Gasteiger partial charge in [-0.2, -0.15) is 5.10 Å². The van der Waals surface area contributed by atoms with Crippen LogP contribution >= 0.6 is 11.8 Å². The van der Waals surface area contributed by atoms with Crippen molar-refractivity contribution in [2.45, 2.75) is 38.0 Å². The molecule has 0 saturated carbocycles. The van der Waals surface area contributed by atoms with E-state index in [1.807, 2.05) is 36.6 Å². The lowest BCUT2D eigenvalue weighted by Gasteiger charge is -2.16. The summed E-state index contributed by atoms with van der Waals surface area (Å²) in [5.74, 6) is 0.259. The van der Waals surface area contributed by atoms with Crippen LogP contribution in [0.5, 0.6) is 0 Å². The number of aromatic nitrogens is 4. The molecule has 0 spiro atoms. The van der Waals surface area contributed by atoms with Crippen LogP contribution in [0.4, 0.5) is 11.5 Å². The topological polar surface area (TPSA) is 105 Å². The number of anilines is 2. The van der Waals surface area contributed by atoms with Crippen molar-refractivity contribution in [2.75, 3.05) is 29.6 Å². The fraction of sp³-hybridized carbons (Fsp3) is 0.409. The molecule has 3 aromatic rings. The van der Waals surface area contributed by atoms with Gasteiger partial charge in [0.05, 0.1) is 24.0 Å². The van der Waals surface area contributed by atoms with Gasteiger partial charge >= 0.3 is 0 Å². The molecule has 1 unspecified atom stereocenters. The number of para-hydroxylation sites is 1. The number of nitrogens with zero attached hydrogens (tertiary/aromatic N) is 5. The Morgan fingerprint density at radius 2 is 2.03 bits per heavy atom. The molecule has 168 valence electrons. The van der Waals surface area contributed by atoms with Crippen LogP contribution in [0.25, 0.3) is 11.0 Å². The molecule has 2 amide bonds. The third-order valence-electron chi connectivity index (χ3n) is 5.27. The summed E-state index contributed by atoms with van der Waals surface area (Å²) in [5, 5.41) is 12.3. The zero-order chi connectivity index (χ0) is 22.7. The van der Waals surface area contributed by atoms with Crippen LogP contribution in [0.2, 0.25) is 0 Å². The van der Waals surface area contributed by atoms with Crippen LogP contribution in [0, 0.1) is 5.92 Å². The molecular formula is C22H27N7O2S. The molecule has 10 heteroatoms. The molecule has 32 heavy (non-hydrogen) atoms. The third-order valence-corrected chi connectivity index (χ3v) is 5.82. The highest BCUT2D eigenvalue weighted by molar-refractivity contribution is 7.98. The molecule has 0 aliphatic carbocycles. The van der Waals surface area contributed by atoms with Crippen LogP contribution in [0.1, 0.15) is 20.3 Å². The summed E-state index contributed by atoms with van der Waals surface area (Å²) < 4.78 is 1.78. The lowest BCUT2D eigenvalue weighted by molar-refractivity contribution is -0.126. The van der Waals surface area contributed by atoms with Crippen LogP contribution in [-0.4, -0.2) is 56.9 Å². The van der Waals surface area contributed by atoms with E-state index in [9.17, 15) is 9.59 Å². The predicted molar refractivity (Wildman–Crippen MR) is 126 cm³/mol. The first-order chi connectivity index (χ1) is 15.5. The van der Waals surface area contributed by atoms with Gasteiger partial charge in [-0.25, -0.2) is 14.6 Å². The second-order valence-corrected chi connectivity index (χ2v) is 8.77. The fourth-order valence-corrected chi connectivity index (χ4v) is 4.10. The molecule has 1 aromatic carbocycles. The number of carbonyl (C=O) groups is 2. The average molecular weight is 454 g/mol. The number of fused-ring (bicyclic) bond motifs is 1. The van der Waals surface area contributed by atoms with Crippen molar-refractivity contribution in [3.8, 4) is 0 Å². The largest absolute Gasteiger partial charge is 0.367 e. The van der Waals surface area contributed by atoms with Crippen LogP contribution < -0.4 is 15.5 Å². The van der Waals surface area contributed by atoms with Crippen LogP contribution in [0.15, 0.2) is 41.7 Å². The minimum absolute atomic E-state index is 0.0269. The van der Waals surface area contributed by atoms with Gasteiger partial charge in [0.2, 0.25) is 11.8 Å². The summed E-state index contributed by atoms with van der Waals surface area (Å²) in [6.07, 6.45) is 3.90. The number of carbonyl (C=O) groups excluding carboxylic acids is 2. The Morgan fingerprint density at radius 3 is 2.75 bits per heavy atom. The third kappa shape index (κ3) is 4.69. The van der Waals surface area contributed by atoms with Crippen molar-refractivity contribution in [1.82, 2.24) is 25.1 Å². The van der Waals surface area contributed by atoms with Gasteiger partial charge in [0.15, 0.2) is 10.8 Å². The number of thioether (sulfide) groups is 1. The molecule has 1 aliphatic rings. The second-order valence-electron chi connectivity index (χ2n) is 7.99. The van der Waals surface area contributed by atoms with Crippen LogP contribution in [-0.2, 0) is 16.1 Å². The molecule has 9 nitrogen and oxygen atoms in total. The second kappa shape index (κ2) is 9.56. The lowest BCUT2D eigenvalue weighted by Crippen LogP contribution is -2.35. The summed E-state index contributed by atoms with van der Waals surface area (Å²) in [7, 11) is 0. The molecule has 4 rings (SSSR count). The van der Waals surface area contributed by atoms with Crippen molar-refractivity contribution in [3.63, 3.8) is 0 Å². The maximum Gasteiger partial charge on any atom is 0.227 e. The lowest BCUT2D eigenvalue weighted by atomic mass is 10.1. The standard InChI is InChI=1S/C22H27N7O2S/c1-14(2)25-19-17-12-24-29(20(17)27-22(26-19)32-3)10-9-23-21(31)15-11-18(30)28(13-15)16-7-5-4-6-8-16/h4-8,12,14-15H,9-11,13H2,1-3H3,(H,23,31)(H,25,26,27). The first-order valence-corrected chi connectivity index (χ1v) is 11.9. The minimum atomic E-state index is -0.357. The van der Waals surface area contributed by atoms with Crippen molar-refractivity contribution in [3.05, 3.63) is 36.5 Å². The maximum absolute atomic E-state index is 12.7. The molecule has 2 aromatic heterocycles. The fourth-order valence-electron chi connectivity index (χ4n) is 3.74. The van der Waals surface area contributed by atoms with Crippen molar-refractivity contribution < 1.29 is 9.59 Å². The molecular weight excluding hydrogens is 426 g/mol. The van der Waals surface area contributed by atoms with E-state index in [-0.39, 0.29) is 30.2 Å². The van der Waals surface area contributed by atoms with Crippen molar-refractivity contribution in [1.29, 1.82) is 0 Å². The predicted octanol–water partition coefficient (Wildman–Crippen LogP) is 2.54. The smallest absolute Gasteiger partial charge is 0.227 e. The number of hydrogen-bond acceptors (Lipinski definition) is 7. The Kier molecular flexibility index (Phi) is 6.59. The highest BCUT2D eigenvalue weighted by Crippen LogP contribution is 2.25. The Hall–Kier alpha value is -3.14. The van der Waals surface area contributed by atoms with Crippen molar-refractivity contribution in [2.24, 2.45) is 5.92 Å². The molecule has 1 aliphatic heterocycles. The summed E-state index contributed by atoms with van der Waals surface area (Å²) in [6.45, 7) is 5.38. The van der Waals surface area contributed by atoms with E-state index in [4.69, 9.17) is 0 Å². The first kappa shape index (κ1) is 22.1. The van der Waals surface area contributed by atoms with E-state index < -0.39 is 0 Å². The van der Waals surface area contributed by atoms with Gasteiger partial charge in [0.25, 0.3) is 0 Å². The Morgan fingerprint density at radius 1 is 1.25 bits per heavy atom. The zero-order valence-corrected chi connectivity index (χ0v) is 19.2. The summed E-state index contributed by atoms with van der Waals surface area (Å²) >= 11 is 1.47. The molecule has 2 N–H and O–H groups in total. The zero-order valence-electron chi connectivity index (χ0n) is 18.4. The van der Waals surface area contributed by atoms with Gasteiger partial charge in [-0.3, -0.25) is 9.59 Å². The van der Waals surface area contributed by atoms with Crippen molar-refractivity contribution >= 4 is 46.1 Å². The van der Waals surface area contributed by atoms with Gasteiger partial charge in [-0.1, -0.05) is 30.0 Å². The van der Waals surface area contributed by atoms with E-state index in [1.54, 1.807) is 15.8 Å². The highest BCUT2D eigenvalue weighted by atomic mass is 32.2. The van der Waals surface area contributed by atoms with Gasteiger partial charge in [0, 0.05) is 31.2 Å². The Bertz CT molecular complexity index is 1120. The monoisotopic (exact) mass is 453 g/mol. The molecule has 1 saturated heterocycles. The van der Waals surface area contributed by atoms with E-state index in [0.29, 0.717) is 24.8 Å². The summed E-state index contributed by atoms with van der Waals surface area (Å²) in [4.78, 5) is 35.9. The number of benzene rings is 1. The normalized spacial score (nSPS) is 16.2. The molecule has 3 heterocycles. The first-order valence-electron chi connectivity index (χ1n) is 10.6. The summed E-state index contributed by atoms with van der Waals surface area (Å²) in [5.41, 5.74) is 1.55. The van der Waals surface area contributed by atoms with E-state index in [2.05, 4.69) is 39.5 Å². The van der Waals surface area contributed by atoms with E-state index >= 15 is 0 Å².